The molecule has 5 atom stereocenters. The molecule has 0 saturated carbocycles. The van der Waals surface area contributed by atoms with Crippen LogP contribution in [-0.2, 0) is 4.74 Å². The average Bonchev–Trinajstić information content (AvgIpc) is 2.50. The molecule has 0 aromatic heterocycles. The Kier molecular flexibility index (Phi) is 5.27. The van der Waals surface area contributed by atoms with E-state index in [1.54, 1.807) is 0 Å². The summed E-state index contributed by atoms with van der Waals surface area (Å²) in [4.78, 5) is 0. The molecule has 0 aromatic rings. The first-order valence-corrected chi connectivity index (χ1v) is 6.16. The first-order valence-electron chi connectivity index (χ1n) is 6.16. The topological polar surface area (TPSA) is 47.3 Å². The molecule has 0 amide bonds. The van der Waals surface area contributed by atoms with Crippen molar-refractivity contribution in [2.24, 2.45) is 17.7 Å². The molecule has 0 spiro atoms. The van der Waals surface area contributed by atoms with Gasteiger partial charge in [-0.1, -0.05) is 6.92 Å². The number of nitrogens with one attached hydrogen (secondary N) is 1. The van der Waals surface area contributed by atoms with Gasteiger partial charge < -0.3 is 4.74 Å². The Hall–Kier alpha value is -0.560. The third-order valence-corrected chi connectivity index (χ3v) is 3.83. The Morgan fingerprint density at radius 3 is 2.50 bits per heavy atom. The third kappa shape index (κ3) is 2.98. The van der Waals surface area contributed by atoms with Gasteiger partial charge in [0.2, 0.25) is 0 Å². The van der Waals surface area contributed by atoms with Crippen molar-refractivity contribution in [1.82, 2.24) is 5.43 Å². The highest BCUT2D eigenvalue weighted by Gasteiger charge is 2.40. The van der Waals surface area contributed by atoms with E-state index >= 15 is 0 Å². The minimum absolute atomic E-state index is 0.275. The van der Waals surface area contributed by atoms with Gasteiger partial charge in [-0.05, 0) is 32.6 Å². The number of hydrazine groups is 1. The fraction of sp³-hybridized carbons (Fsp3) is 0.846. The minimum atomic E-state index is 0.275. The van der Waals surface area contributed by atoms with Crippen molar-refractivity contribution in [3.05, 3.63) is 0 Å². The molecule has 1 aliphatic rings. The van der Waals surface area contributed by atoms with Crippen molar-refractivity contribution in [2.45, 2.75) is 58.3 Å². The van der Waals surface area contributed by atoms with Crippen molar-refractivity contribution in [3.63, 3.8) is 0 Å². The summed E-state index contributed by atoms with van der Waals surface area (Å²) in [6.07, 6.45) is 8.73. The highest BCUT2D eigenvalue weighted by molar-refractivity contribution is 4.92. The van der Waals surface area contributed by atoms with Crippen LogP contribution in [0.25, 0.3) is 0 Å². The van der Waals surface area contributed by atoms with Gasteiger partial charge in [-0.25, -0.2) is 0 Å². The van der Waals surface area contributed by atoms with Crippen LogP contribution in [0.15, 0.2) is 0 Å². The normalized spacial score (nSPS) is 35.9. The van der Waals surface area contributed by atoms with Gasteiger partial charge in [0.1, 0.15) is 0 Å². The van der Waals surface area contributed by atoms with Gasteiger partial charge in [0, 0.05) is 18.4 Å². The highest BCUT2D eigenvalue weighted by atomic mass is 16.5. The summed E-state index contributed by atoms with van der Waals surface area (Å²) in [6, 6.07) is 0.309. The fourth-order valence-electron chi connectivity index (χ4n) is 2.80. The molecule has 3 nitrogen and oxygen atoms in total. The summed E-state index contributed by atoms with van der Waals surface area (Å²) in [7, 11) is 0. The lowest BCUT2D eigenvalue weighted by Gasteiger charge is -2.28. The molecule has 0 aromatic carbocycles. The molecule has 3 N–H and O–H groups in total. The Morgan fingerprint density at radius 1 is 1.38 bits per heavy atom. The van der Waals surface area contributed by atoms with Gasteiger partial charge in [-0.3, -0.25) is 11.3 Å². The predicted octanol–water partition coefficient (Wildman–Crippen LogP) is 1.68. The van der Waals surface area contributed by atoms with Crippen LogP contribution in [0.3, 0.4) is 0 Å². The Morgan fingerprint density at radius 2 is 2.06 bits per heavy atom. The van der Waals surface area contributed by atoms with E-state index in [-0.39, 0.29) is 6.10 Å². The van der Waals surface area contributed by atoms with Gasteiger partial charge in [0.05, 0.1) is 12.2 Å². The molecule has 0 aliphatic carbocycles. The number of rotatable bonds is 5. The zero-order chi connectivity index (χ0) is 12.1. The fourth-order valence-corrected chi connectivity index (χ4v) is 2.80. The Bertz CT molecular complexity index is 249. The molecule has 0 bridgehead atoms. The molecule has 1 saturated heterocycles. The van der Waals surface area contributed by atoms with Crippen molar-refractivity contribution < 1.29 is 4.74 Å². The molecular formula is C13H24N2O. The van der Waals surface area contributed by atoms with E-state index in [9.17, 15) is 0 Å². The number of hydrogen-bond donors (Lipinski definition) is 2. The van der Waals surface area contributed by atoms with Crippen LogP contribution in [0, 0.1) is 24.2 Å². The number of ether oxygens (including phenoxy) is 1. The highest BCUT2D eigenvalue weighted by Crippen LogP contribution is 2.35. The molecule has 16 heavy (non-hydrogen) atoms. The van der Waals surface area contributed by atoms with Gasteiger partial charge >= 0.3 is 0 Å². The third-order valence-electron chi connectivity index (χ3n) is 3.83. The van der Waals surface area contributed by atoms with E-state index in [1.807, 2.05) is 0 Å². The number of unbranched alkanes of at least 4 members (excludes halogenated alkanes) is 1. The Labute approximate surface area is 99.1 Å². The first kappa shape index (κ1) is 13.5. The van der Waals surface area contributed by atoms with Crippen LogP contribution < -0.4 is 11.3 Å². The molecule has 3 heteroatoms. The molecule has 1 heterocycles. The molecule has 1 rings (SSSR count). The standard InChI is InChI=1S/C13H24N2O/c1-5-6-7-8-12(15-14)13-9(2)10(3)16-11(13)4/h1,9-13,15H,6-8,14H2,2-4H3. The van der Waals surface area contributed by atoms with Gasteiger partial charge in [-0.2, -0.15) is 0 Å². The minimum Gasteiger partial charge on any atom is -0.375 e. The molecule has 0 radical (unpaired) electrons. The summed E-state index contributed by atoms with van der Waals surface area (Å²) < 4.78 is 5.84. The van der Waals surface area contributed by atoms with Crippen LogP contribution in [0.5, 0.6) is 0 Å². The molecule has 1 fully saturated rings. The predicted molar refractivity (Wildman–Crippen MR) is 66.5 cm³/mol. The maximum absolute atomic E-state index is 5.84. The summed E-state index contributed by atoms with van der Waals surface area (Å²) in [5.41, 5.74) is 2.94. The lowest BCUT2D eigenvalue weighted by Crippen LogP contribution is -2.45. The Balaban J connectivity index is 2.55. The van der Waals surface area contributed by atoms with E-state index in [0.29, 0.717) is 24.0 Å². The number of terminal acetylenes is 1. The zero-order valence-corrected chi connectivity index (χ0v) is 10.6. The number of nitrogens with two attached hydrogens (primary N) is 1. The quantitative estimate of drug-likeness (QED) is 0.323. The van der Waals surface area contributed by atoms with Crippen molar-refractivity contribution in [1.29, 1.82) is 0 Å². The van der Waals surface area contributed by atoms with Crippen molar-refractivity contribution >= 4 is 0 Å². The number of hydrogen-bond acceptors (Lipinski definition) is 3. The van der Waals surface area contributed by atoms with Crippen LogP contribution in [0.2, 0.25) is 0 Å². The average molecular weight is 224 g/mol. The van der Waals surface area contributed by atoms with Crippen LogP contribution in [-0.4, -0.2) is 18.2 Å². The summed E-state index contributed by atoms with van der Waals surface area (Å²) >= 11 is 0. The molecular weight excluding hydrogens is 200 g/mol. The lowest BCUT2D eigenvalue weighted by atomic mass is 9.82. The summed E-state index contributed by atoms with van der Waals surface area (Å²) in [5.74, 6) is 9.34. The van der Waals surface area contributed by atoms with Gasteiger partial charge in [-0.15, -0.1) is 12.3 Å². The van der Waals surface area contributed by atoms with Crippen LogP contribution in [0.1, 0.15) is 40.0 Å². The van der Waals surface area contributed by atoms with E-state index in [4.69, 9.17) is 17.0 Å². The van der Waals surface area contributed by atoms with Crippen molar-refractivity contribution in [3.8, 4) is 12.3 Å². The SMILES string of the molecule is C#CCCCC(NN)C1C(C)OC(C)C1C. The van der Waals surface area contributed by atoms with E-state index in [2.05, 4.69) is 32.1 Å². The maximum atomic E-state index is 5.84. The summed E-state index contributed by atoms with van der Waals surface area (Å²) in [5, 5.41) is 0. The molecule has 1 aliphatic heterocycles. The van der Waals surface area contributed by atoms with E-state index in [0.717, 1.165) is 19.3 Å². The second-order valence-electron chi connectivity index (χ2n) is 4.85. The largest absolute Gasteiger partial charge is 0.375 e. The van der Waals surface area contributed by atoms with Crippen LogP contribution in [0.4, 0.5) is 0 Å². The molecule has 5 unspecified atom stereocenters. The monoisotopic (exact) mass is 224 g/mol. The van der Waals surface area contributed by atoms with E-state index in [1.165, 1.54) is 0 Å². The summed E-state index contributed by atoms with van der Waals surface area (Å²) in [6.45, 7) is 6.51. The smallest absolute Gasteiger partial charge is 0.0597 e. The van der Waals surface area contributed by atoms with E-state index < -0.39 is 0 Å². The zero-order valence-electron chi connectivity index (χ0n) is 10.6. The van der Waals surface area contributed by atoms with Crippen molar-refractivity contribution in [2.75, 3.05) is 0 Å². The lowest BCUT2D eigenvalue weighted by molar-refractivity contribution is 0.0471. The van der Waals surface area contributed by atoms with Crippen LogP contribution >= 0.6 is 0 Å². The van der Waals surface area contributed by atoms with Gasteiger partial charge in [0.15, 0.2) is 0 Å². The van der Waals surface area contributed by atoms with Gasteiger partial charge in [0.25, 0.3) is 0 Å². The maximum Gasteiger partial charge on any atom is 0.0597 e. The first-order chi connectivity index (χ1) is 7.61. The molecule has 92 valence electrons. The second kappa shape index (κ2) is 6.24. The second-order valence-corrected chi connectivity index (χ2v) is 4.85.